The van der Waals surface area contributed by atoms with Gasteiger partial charge in [-0.3, -0.25) is 38.5 Å². The third-order valence-corrected chi connectivity index (χ3v) is 9.56. The van der Waals surface area contributed by atoms with E-state index in [4.69, 9.17) is 5.11 Å². The number of aromatic nitrogens is 2. The van der Waals surface area contributed by atoms with Crippen molar-refractivity contribution >= 4 is 41.3 Å². The van der Waals surface area contributed by atoms with Crippen LogP contribution in [0.25, 0.3) is 0 Å². The normalized spacial score (nSPS) is 19.7. The van der Waals surface area contributed by atoms with Crippen LogP contribution in [0, 0.1) is 23.2 Å². The van der Waals surface area contributed by atoms with Crippen molar-refractivity contribution in [1.29, 1.82) is 0 Å². The van der Waals surface area contributed by atoms with E-state index in [1.54, 1.807) is 6.92 Å². The van der Waals surface area contributed by atoms with Crippen molar-refractivity contribution < 1.29 is 38.7 Å². The molecule has 50 heavy (non-hydrogen) atoms. The molecule has 0 spiro atoms. The van der Waals surface area contributed by atoms with Crippen LogP contribution < -0.4 is 26.6 Å². The molecule has 0 aliphatic heterocycles. The number of nitrogens with one attached hydrogen (secondary N) is 5. The van der Waals surface area contributed by atoms with Gasteiger partial charge in [0, 0.05) is 25.4 Å². The third-order valence-electron chi connectivity index (χ3n) is 9.56. The van der Waals surface area contributed by atoms with Gasteiger partial charge in [0.1, 0.15) is 24.3 Å². The van der Waals surface area contributed by atoms with Gasteiger partial charge in [0.05, 0.1) is 12.2 Å². The lowest BCUT2D eigenvalue weighted by Crippen LogP contribution is -2.60. The minimum absolute atomic E-state index is 0.0264. The number of Topliss-reactive ketones (excluding diaryl/α,β-unsaturated/α-hetero) is 1. The average Bonchev–Trinajstić information content (AvgIpc) is 3.53. The topological polar surface area (TPSA) is 226 Å². The first-order chi connectivity index (χ1) is 23.7. The predicted molar refractivity (Wildman–Crippen MR) is 182 cm³/mol. The fraction of sp³-hybridized carbons (Fsp3) is 0.686. The molecule has 1 aromatic heterocycles. The van der Waals surface area contributed by atoms with Crippen LogP contribution in [0.15, 0.2) is 18.6 Å². The van der Waals surface area contributed by atoms with Crippen LogP contribution in [0.1, 0.15) is 109 Å². The SMILES string of the molecule is CCCC(NC(=O)C[C@H]1CCC[C@H]1CNC(=O)[C@@H](NC(=O)[C@H](NC(=O)c1cnccn1)C1CCCCC1)C(C)(C)C)C(=O)C(=O)NCC(=O)O. The van der Waals surface area contributed by atoms with Crippen molar-refractivity contribution in [1.82, 2.24) is 36.6 Å². The van der Waals surface area contributed by atoms with Crippen LogP contribution in [0.5, 0.6) is 0 Å². The summed E-state index contributed by atoms with van der Waals surface area (Å²) in [6.07, 6.45) is 11.9. The Labute approximate surface area is 293 Å². The van der Waals surface area contributed by atoms with Gasteiger partial charge >= 0.3 is 5.97 Å². The van der Waals surface area contributed by atoms with E-state index in [0.717, 1.165) is 51.4 Å². The van der Waals surface area contributed by atoms with Crippen molar-refractivity contribution in [3.05, 3.63) is 24.3 Å². The molecular formula is C35H53N7O8. The number of carboxylic acids is 1. The van der Waals surface area contributed by atoms with Crippen LogP contribution in [-0.2, 0) is 28.8 Å². The number of carboxylic acid groups (broad SMARTS) is 1. The van der Waals surface area contributed by atoms with Gasteiger partial charge < -0.3 is 31.7 Å². The second-order valence-electron chi connectivity index (χ2n) is 14.5. The van der Waals surface area contributed by atoms with E-state index in [1.165, 1.54) is 18.6 Å². The van der Waals surface area contributed by atoms with E-state index in [0.29, 0.717) is 6.42 Å². The molecule has 0 saturated heterocycles. The van der Waals surface area contributed by atoms with Crippen molar-refractivity contribution in [2.24, 2.45) is 23.2 Å². The Morgan fingerprint density at radius 1 is 0.860 bits per heavy atom. The molecule has 2 aliphatic rings. The number of hydrogen-bond donors (Lipinski definition) is 6. The van der Waals surface area contributed by atoms with E-state index in [2.05, 4.69) is 31.2 Å². The largest absolute Gasteiger partial charge is 0.480 e. The third kappa shape index (κ3) is 12.2. The number of nitrogens with zero attached hydrogens (tertiary/aromatic N) is 2. The Balaban J connectivity index is 1.62. The zero-order valence-electron chi connectivity index (χ0n) is 29.6. The summed E-state index contributed by atoms with van der Waals surface area (Å²) in [4.78, 5) is 97.1. The number of hydrogen-bond acceptors (Lipinski definition) is 9. The number of ketones is 1. The van der Waals surface area contributed by atoms with Gasteiger partial charge in [0.25, 0.3) is 11.8 Å². The van der Waals surface area contributed by atoms with Gasteiger partial charge in [-0.05, 0) is 55.3 Å². The maximum atomic E-state index is 13.8. The molecule has 2 saturated carbocycles. The molecule has 2 fully saturated rings. The maximum Gasteiger partial charge on any atom is 0.322 e. The van der Waals surface area contributed by atoms with Crippen LogP contribution in [0.2, 0.25) is 0 Å². The molecule has 15 heteroatoms. The molecule has 15 nitrogen and oxygen atoms in total. The number of amides is 5. The average molecular weight is 700 g/mol. The highest BCUT2D eigenvalue weighted by molar-refractivity contribution is 6.38. The minimum atomic E-state index is -1.29. The Morgan fingerprint density at radius 2 is 1.56 bits per heavy atom. The molecule has 5 atom stereocenters. The van der Waals surface area contributed by atoms with E-state index in [1.807, 2.05) is 26.1 Å². The van der Waals surface area contributed by atoms with Gasteiger partial charge in [-0.1, -0.05) is 59.8 Å². The van der Waals surface area contributed by atoms with E-state index in [9.17, 15) is 33.6 Å². The van der Waals surface area contributed by atoms with E-state index < -0.39 is 65.5 Å². The Hall–Kier alpha value is -4.43. The van der Waals surface area contributed by atoms with Crippen molar-refractivity contribution in [3.63, 3.8) is 0 Å². The zero-order chi connectivity index (χ0) is 36.8. The summed E-state index contributed by atoms with van der Waals surface area (Å²) in [5.41, 5.74) is -0.571. The van der Waals surface area contributed by atoms with Crippen molar-refractivity contribution in [3.8, 4) is 0 Å². The highest BCUT2D eigenvalue weighted by Crippen LogP contribution is 2.34. The van der Waals surface area contributed by atoms with Gasteiger partial charge in [0.2, 0.25) is 23.5 Å². The number of carbonyl (C=O) groups excluding carboxylic acids is 6. The van der Waals surface area contributed by atoms with Crippen LogP contribution in [0.4, 0.5) is 0 Å². The molecule has 2 aliphatic carbocycles. The monoisotopic (exact) mass is 699 g/mol. The fourth-order valence-corrected chi connectivity index (χ4v) is 6.84. The summed E-state index contributed by atoms with van der Waals surface area (Å²) in [5.74, 6) is -5.17. The van der Waals surface area contributed by atoms with Crippen molar-refractivity contribution in [2.45, 2.75) is 116 Å². The second kappa shape index (κ2) is 19.1. The standard InChI is InChI=1S/C35H53N7O8/c1-5-10-24(29(46)33(49)39-20-27(44)45)40-26(43)17-22-13-9-14-23(22)18-38-34(50)30(35(2,3)4)42-32(48)28(21-11-7-6-8-12-21)41-31(47)25-19-36-15-16-37-25/h15-16,19,21-24,28,30H,5-14,17-18,20H2,1-4H3,(H,38,50)(H,39,49)(H,40,43)(H,41,47)(H,42,48)(H,44,45)/t22-,23+,24?,28-,30-/m1/s1. The lowest BCUT2D eigenvalue weighted by atomic mass is 9.82. The van der Waals surface area contributed by atoms with E-state index in [-0.39, 0.29) is 48.7 Å². The molecule has 276 valence electrons. The Morgan fingerprint density at radius 3 is 2.18 bits per heavy atom. The molecule has 6 N–H and O–H groups in total. The molecule has 0 aromatic carbocycles. The summed E-state index contributed by atoms with van der Waals surface area (Å²) in [5, 5.41) is 22.3. The first-order valence-electron chi connectivity index (χ1n) is 17.7. The first kappa shape index (κ1) is 40.0. The summed E-state index contributed by atoms with van der Waals surface area (Å²) in [7, 11) is 0. The summed E-state index contributed by atoms with van der Waals surface area (Å²) in [6, 6.07) is -2.84. The number of carbonyl (C=O) groups is 7. The maximum absolute atomic E-state index is 13.8. The van der Waals surface area contributed by atoms with Gasteiger partial charge in [0.15, 0.2) is 0 Å². The highest BCUT2D eigenvalue weighted by atomic mass is 16.4. The molecule has 1 unspecified atom stereocenters. The van der Waals surface area contributed by atoms with E-state index >= 15 is 0 Å². The Kier molecular flexibility index (Phi) is 15.3. The van der Waals surface area contributed by atoms with Gasteiger partial charge in [-0.15, -0.1) is 0 Å². The van der Waals surface area contributed by atoms with Crippen LogP contribution >= 0.6 is 0 Å². The first-order valence-corrected chi connectivity index (χ1v) is 17.7. The predicted octanol–water partition coefficient (Wildman–Crippen LogP) is 1.66. The number of aliphatic carboxylic acids is 1. The van der Waals surface area contributed by atoms with Gasteiger partial charge in [-0.25, -0.2) is 4.98 Å². The summed E-state index contributed by atoms with van der Waals surface area (Å²) in [6.45, 7) is 6.94. The molecule has 0 bridgehead atoms. The minimum Gasteiger partial charge on any atom is -0.480 e. The second-order valence-corrected chi connectivity index (χ2v) is 14.5. The molecule has 5 amide bonds. The lowest BCUT2D eigenvalue weighted by molar-refractivity contribution is -0.142. The molecule has 0 radical (unpaired) electrons. The smallest absolute Gasteiger partial charge is 0.322 e. The Bertz CT molecular complexity index is 1360. The fourth-order valence-electron chi connectivity index (χ4n) is 6.84. The molecule has 3 rings (SSSR count). The summed E-state index contributed by atoms with van der Waals surface area (Å²) < 4.78 is 0. The van der Waals surface area contributed by atoms with Crippen LogP contribution in [-0.4, -0.2) is 87.6 Å². The van der Waals surface area contributed by atoms with Crippen molar-refractivity contribution in [2.75, 3.05) is 13.1 Å². The highest BCUT2D eigenvalue weighted by Gasteiger charge is 2.39. The molecule has 1 heterocycles. The molecule has 1 aromatic rings. The molecular weight excluding hydrogens is 646 g/mol. The van der Waals surface area contributed by atoms with Crippen LogP contribution in [0.3, 0.4) is 0 Å². The zero-order valence-corrected chi connectivity index (χ0v) is 29.6. The lowest BCUT2D eigenvalue weighted by Gasteiger charge is -2.35. The quantitative estimate of drug-likeness (QED) is 0.129. The summed E-state index contributed by atoms with van der Waals surface area (Å²) >= 11 is 0. The van der Waals surface area contributed by atoms with Gasteiger partial charge in [-0.2, -0.15) is 0 Å². The number of rotatable bonds is 17.